The summed E-state index contributed by atoms with van der Waals surface area (Å²) in [5, 5.41) is 0. The highest BCUT2D eigenvalue weighted by Crippen LogP contribution is 2.38. The van der Waals surface area contributed by atoms with E-state index >= 15 is 0 Å². The molecule has 1 saturated heterocycles. The van der Waals surface area contributed by atoms with Crippen LogP contribution in [0.4, 0.5) is 5.69 Å². The molecule has 2 unspecified atom stereocenters. The van der Waals surface area contributed by atoms with Crippen molar-refractivity contribution in [3.63, 3.8) is 0 Å². The highest BCUT2D eigenvalue weighted by Gasteiger charge is 2.46. The Morgan fingerprint density at radius 2 is 1.65 bits per heavy atom. The van der Waals surface area contributed by atoms with Gasteiger partial charge in [-0.25, -0.2) is 0 Å². The zero-order chi connectivity index (χ0) is 14.3. The van der Waals surface area contributed by atoms with Crippen LogP contribution in [0.25, 0.3) is 0 Å². The standard InChI is InChI=1S/C16H15BrN2O/c1-10-2-4-11(5-3-10)15-14(18)16(20)19(15)13-8-6-12(17)7-9-13/h2-9,14-15H,18H2,1H3. The fraction of sp³-hybridized carbons (Fsp3) is 0.188. The van der Waals surface area contributed by atoms with Crippen molar-refractivity contribution in [1.29, 1.82) is 0 Å². The van der Waals surface area contributed by atoms with Crippen LogP contribution in [0, 0.1) is 6.92 Å². The molecule has 1 heterocycles. The molecule has 0 spiro atoms. The molecule has 0 saturated carbocycles. The molecule has 102 valence electrons. The molecule has 1 fully saturated rings. The van der Waals surface area contributed by atoms with Gasteiger partial charge in [-0.05, 0) is 36.8 Å². The maximum atomic E-state index is 12.1. The Bertz CT molecular complexity index is 637. The first-order valence-electron chi connectivity index (χ1n) is 6.49. The number of aryl methyl sites for hydroxylation is 1. The predicted molar refractivity (Wildman–Crippen MR) is 83.5 cm³/mol. The van der Waals surface area contributed by atoms with Crippen LogP contribution in [-0.2, 0) is 4.79 Å². The van der Waals surface area contributed by atoms with E-state index in [1.54, 1.807) is 4.90 Å². The minimum atomic E-state index is -0.457. The van der Waals surface area contributed by atoms with E-state index in [2.05, 4.69) is 15.9 Å². The first-order valence-corrected chi connectivity index (χ1v) is 7.28. The average Bonchev–Trinajstić information content (AvgIpc) is 2.46. The van der Waals surface area contributed by atoms with Gasteiger partial charge >= 0.3 is 0 Å². The minimum Gasteiger partial charge on any atom is -0.318 e. The van der Waals surface area contributed by atoms with Gasteiger partial charge in [0.1, 0.15) is 6.04 Å². The molecule has 2 atom stereocenters. The summed E-state index contributed by atoms with van der Waals surface area (Å²) < 4.78 is 0.991. The monoisotopic (exact) mass is 330 g/mol. The van der Waals surface area contributed by atoms with Gasteiger partial charge in [-0.3, -0.25) is 4.79 Å². The molecule has 1 aliphatic heterocycles. The molecule has 1 aliphatic rings. The number of hydrogen-bond acceptors (Lipinski definition) is 2. The molecule has 2 N–H and O–H groups in total. The van der Waals surface area contributed by atoms with Gasteiger partial charge in [0.2, 0.25) is 5.91 Å². The Morgan fingerprint density at radius 1 is 1.05 bits per heavy atom. The Balaban J connectivity index is 1.95. The van der Waals surface area contributed by atoms with Crippen LogP contribution < -0.4 is 10.6 Å². The zero-order valence-corrected chi connectivity index (χ0v) is 12.7. The number of carbonyl (C=O) groups is 1. The van der Waals surface area contributed by atoms with E-state index in [0.717, 1.165) is 15.7 Å². The quantitative estimate of drug-likeness (QED) is 0.859. The number of nitrogens with two attached hydrogens (primary N) is 1. The zero-order valence-electron chi connectivity index (χ0n) is 11.1. The van der Waals surface area contributed by atoms with E-state index in [4.69, 9.17) is 5.73 Å². The van der Waals surface area contributed by atoms with Crippen LogP contribution in [0.1, 0.15) is 17.2 Å². The van der Waals surface area contributed by atoms with E-state index < -0.39 is 6.04 Å². The summed E-state index contributed by atoms with van der Waals surface area (Å²) in [6, 6.07) is 15.3. The van der Waals surface area contributed by atoms with E-state index in [1.165, 1.54) is 5.56 Å². The Labute approximate surface area is 126 Å². The van der Waals surface area contributed by atoms with Crippen molar-refractivity contribution < 1.29 is 4.79 Å². The summed E-state index contributed by atoms with van der Waals surface area (Å²) in [7, 11) is 0. The third kappa shape index (κ3) is 2.15. The summed E-state index contributed by atoms with van der Waals surface area (Å²) in [5.74, 6) is -0.0297. The predicted octanol–water partition coefficient (Wildman–Crippen LogP) is 3.17. The van der Waals surface area contributed by atoms with Crippen molar-refractivity contribution in [2.45, 2.75) is 19.0 Å². The summed E-state index contributed by atoms with van der Waals surface area (Å²) in [5.41, 5.74) is 9.15. The lowest BCUT2D eigenvalue weighted by Crippen LogP contribution is -2.63. The van der Waals surface area contributed by atoms with Crippen molar-refractivity contribution in [2.75, 3.05) is 4.90 Å². The smallest absolute Gasteiger partial charge is 0.247 e. The second kappa shape index (κ2) is 5.04. The van der Waals surface area contributed by atoms with Crippen molar-refractivity contribution in [3.05, 3.63) is 64.1 Å². The number of anilines is 1. The number of amides is 1. The molecule has 1 amide bonds. The van der Waals surface area contributed by atoms with Gasteiger partial charge in [-0.1, -0.05) is 45.8 Å². The lowest BCUT2D eigenvalue weighted by atomic mass is 9.88. The number of rotatable bonds is 2. The first-order chi connectivity index (χ1) is 9.58. The topological polar surface area (TPSA) is 46.3 Å². The molecule has 3 rings (SSSR count). The number of nitrogens with zero attached hydrogens (tertiary/aromatic N) is 1. The van der Waals surface area contributed by atoms with Crippen molar-refractivity contribution in [1.82, 2.24) is 0 Å². The number of benzene rings is 2. The molecule has 20 heavy (non-hydrogen) atoms. The molecular formula is C16H15BrN2O. The van der Waals surface area contributed by atoms with Gasteiger partial charge in [0, 0.05) is 10.2 Å². The third-order valence-electron chi connectivity index (χ3n) is 3.66. The molecule has 0 aromatic heterocycles. The summed E-state index contributed by atoms with van der Waals surface area (Å²) >= 11 is 3.40. The second-order valence-corrected chi connectivity index (χ2v) is 5.98. The molecule has 0 bridgehead atoms. The van der Waals surface area contributed by atoms with Gasteiger partial charge in [-0.15, -0.1) is 0 Å². The van der Waals surface area contributed by atoms with Crippen LogP contribution in [-0.4, -0.2) is 11.9 Å². The van der Waals surface area contributed by atoms with Gasteiger partial charge in [0.15, 0.2) is 0 Å². The van der Waals surface area contributed by atoms with E-state index in [1.807, 2.05) is 55.5 Å². The van der Waals surface area contributed by atoms with Crippen molar-refractivity contribution in [2.24, 2.45) is 5.73 Å². The van der Waals surface area contributed by atoms with E-state index in [-0.39, 0.29) is 11.9 Å². The maximum Gasteiger partial charge on any atom is 0.247 e. The van der Waals surface area contributed by atoms with Crippen LogP contribution in [0.5, 0.6) is 0 Å². The van der Waals surface area contributed by atoms with E-state index in [9.17, 15) is 4.79 Å². The molecule has 2 aromatic rings. The fourth-order valence-corrected chi connectivity index (χ4v) is 2.79. The fourth-order valence-electron chi connectivity index (χ4n) is 2.52. The average molecular weight is 331 g/mol. The Kier molecular flexibility index (Phi) is 3.36. The highest BCUT2D eigenvalue weighted by molar-refractivity contribution is 9.10. The number of carbonyl (C=O) groups excluding carboxylic acids is 1. The molecule has 2 aromatic carbocycles. The minimum absolute atomic E-state index is 0.0297. The molecule has 3 nitrogen and oxygen atoms in total. The maximum absolute atomic E-state index is 12.1. The van der Waals surface area contributed by atoms with Gasteiger partial charge in [-0.2, -0.15) is 0 Å². The molecule has 0 aliphatic carbocycles. The van der Waals surface area contributed by atoms with Crippen LogP contribution in [0.15, 0.2) is 53.0 Å². The number of hydrogen-bond donors (Lipinski definition) is 1. The summed E-state index contributed by atoms with van der Waals surface area (Å²) in [6.07, 6.45) is 0. The lowest BCUT2D eigenvalue weighted by molar-refractivity contribution is -0.126. The van der Waals surface area contributed by atoms with E-state index in [0.29, 0.717) is 0 Å². The van der Waals surface area contributed by atoms with Gasteiger partial charge in [0.25, 0.3) is 0 Å². The SMILES string of the molecule is Cc1ccc(C2C(N)C(=O)N2c2ccc(Br)cc2)cc1. The second-order valence-electron chi connectivity index (χ2n) is 5.07. The van der Waals surface area contributed by atoms with Crippen LogP contribution in [0.3, 0.4) is 0 Å². The largest absolute Gasteiger partial charge is 0.318 e. The summed E-state index contributed by atoms with van der Waals surface area (Å²) in [4.78, 5) is 13.9. The summed E-state index contributed by atoms with van der Waals surface area (Å²) in [6.45, 7) is 2.04. The van der Waals surface area contributed by atoms with Gasteiger partial charge in [0.05, 0.1) is 6.04 Å². The van der Waals surface area contributed by atoms with Gasteiger partial charge < -0.3 is 10.6 Å². The Hall–Kier alpha value is -1.65. The lowest BCUT2D eigenvalue weighted by Gasteiger charge is -2.45. The van der Waals surface area contributed by atoms with Crippen molar-refractivity contribution >= 4 is 27.5 Å². The number of halogens is 1. The van der Waals surface area contributed by atoms with Crippen LogP contribution in [0.2, 0.25) is 0 Å². The normalized spacial score (nSPS) is 21.8. The molecule has 4 heteroatoms. The number of β-lactam (4-membered cyclic amide) rings is 1. The third-order valence-corrected chi connectivity index (χ3v) is 4.19. The first kappa shape index (κ1) is 13.3. The van der Waals surface area contributed by atoms with Crippen LogP contribution >= 0.6 is 15.9 Å². The molecular weight excluding hydrogens is 316 g/mol. The molecule has 0 radical (unpaired) electrons. The highest BCUT2D eigenvalue weighted by atomic mass is 79.9. The van der Waals surface area contributed by atoms with Crippen molar-refractivity contribution in [3.8, 4) is 0 Å². The Morgan fingerprint density at radius 3 is 2.25 bits per heavy atom.